The second-order valence-electron chi connectivity index (χ2n) is 5.28. The van der Waals surface area contributed by atoms with E-state index in [1.54, 1.807) is 0 Å². The molecule has 1 unspecified atom stereocenters. The van der Waals surface area contributed by atoms with E-state index in [1.807, 2.05) is 0 Å². The number of hydrogen-bond donors (Lipinski definition) is 0. The Kier molecular flexibility index (Phi) is 2.68. The fourth-order valence-electron chi connectivity index (χ4n) is 1.47. The van der Waals surface area contributed by atoms with E-state index in [2.05, 4.69) is 38.0 Å². The van der Waals surface area contributed by atoms with Crippen molar-refractivity contribution in [3.63, 3.8) is 0 Å². The summed E-state index contributed by atoms with van der Waals surface area (Å²) in [5.74, 6) is 3.70. The Morgan fingerprint density at radius 3 is 2.38 bits per heavy atom. The molecule has 0 radical (unpaired) electrons. The zero-order chi connectivity index (χ0) is 10.1. The van der Waals surface area contributed by atoms with Gasteiger partial charge in [0, 0.05) is 18.3 Å². The molecule has 1 rings (SSSR count). The van der Waals surface area contributed by atoms with E-state index >= 15 is 0 Å². The van der Waals surface area contributed by atoms with Gasteiger partial charge in [-0.25, -0.2) is 0 Å². The summed E-state index contributed by atoms with van der Waals surface area (Å²) in [7, 11) is -1.27. The van der Waals surface area contributed by atoms with Crippen molar-refractivity contribution in [1.29, 1.82) is 0 Å². The molecule has 1 aliphatic rings. The van der Waals surface area contributed by atoms with Gasteiger partial charge >= 0.3 is 0 Å². The molecule has 1 nitrogen and oxygen atoms in total. The van der Waals surface area contributed by atoms with Gasteiger partial charge in [-0.05, 0) is 13.3 Å². The molecule has 1 fully saturated rings. The molecule has 0 aromatic rings. The predicted octanol–water partition coefficient (Wildman–Crippen LogP) is 2.63. The largest absolute Gasteiger partial charge is 0.300 e. The van der Waals surface area contributed by atoms with Gasteiger partial charge in [-0.3, -0.25) is 4.79 Å². The van der Waals surface area contributed by atoms with E-state index < -0.39 is 8.07 Å². The zero-order valence-corrected chi connectivity index (χ0v) is 10.0. The van der Waals surface area contributed by atoms with Crippen molar-refractivity contribution in [3.8, 4) is 11.5 Å². The van der Waals surface area contributed by atoms with Crippen molar-refractivity contribution < 1.29 is 4.79 Å². The first-order valence-corrected chi connectivity index (χ1v) is 8.37. The first-order valence-electron chi connectivity index (χ1n) is 4.87. The molecule has 0 spiro atoms. The topological polar surface area (TPSA) is 17.1 Å². The van der Waals surface area contributed by atoms with Crippen LogP contribution in [0.1, 0.15) is 26.2 Å². The maximum Gasteiger partial charge on any atom is 0.134 e. The summed E-state index contributed by atoms with van der Waals surface area (Å²) in [4.78, 5) is 11.1. The molecular weight excluding hydrogens is 176 g/mol. The lowest BCUT2D eigenvalue weighted by Crippen LogP contribution is -2.19. The van der Waals surface area contributed by atoms with E-state index in [0.717, 1.165) is 12.8 Å². The van der Waals surface area contributed by atoms with E-state index in [9.17, 15) is 4.79 Å². The number of hydrogen-bond acceptors (Lipinski definition) is 1. The molecule has 72 valence electrons. The smallest absolute Gasteiger partial charge is 0.134 e. The van der Waals surface area contributed by atoms with Gasteiger partial charge in [0.05, 0.1) is 0 Å². The SMILES string of the molecule is CC1(C#C[Si](C)(C)C)CCC(=O)C1. The van der Waals surface area contributed by atoms with Crippen LogP contribution in [0.2, 0.25) is 19.6 Å². The van der Waals surface area contributed by atoms with E-state index in [1.165, 1.54) is 0 Å². The highest BCUT2D eigenvalue weighted by Gasteiger charge is 2.32. The highest BCUT2D eigenvalue weighted by molar-refractivity contribution is 6.83. The van der Waals surface area contributed by atoms with Gasteiger partial charge in [-0.15, -0.1) is 11.5 Å². The van der Waals surface area contributed by atoms with Crippen molar-refractivity contribution in [2.45, 2.75) is 45.8 Å². The normalized spacial score (nSPS) is 28.5. The molecule has 0 amide bonds. The highest BCUT2D eigenvalue weighted by atomic mass is 28.3. The maximum atomic E-state index is 11.1. The van der Waals surface area contributed by atoms with Gasteiger partial charge in [0.1, 0.15) is 13.9 Å². The number of rotatable bonds is 0. The number of carbonyl (C=O) groups excluding carboxylic acids is 1. The number of carbonyl (C=O) groups is 1. The fraction of sp³-hybridized carbons (Fsp3) is 0.727. The summed E-state index contributed by atoms with van der Waals surface area (Å²) in [6.45, 7) is 8.82. The van der Waals surface area contributed by atoms with Gasteiger partial charge in [-0.1, -0.05) is 19.6 Å². The molecule has 0 bridgehead atoms. The molecule has 1 aliphatic carbocycles. The number of ketones is 1. The third-order valence-corrected chi connectivity index (χ3v) is 3.16. The Bertz CT molecular complexity index is 277. The lowest BCUT2D eigenvalue weighted by molar-refractivity contribution is -0.117. The molecule has 2 heteroatoms. The molecule has 0 N–H and O–H groups in total. The molecule has 1 saturated carbocycles. The summed E-state index contributed by atoms with van der Waals surface area (Å²) in [6, 6.07) is 0. The predicted molar refractivity (Wildman–Crippen MR) is 58.1 cm³/mol. The van der Waals surface area contributed by atoms with Gasteiger partial charge in [-0.2, -0.15) is 0 Å². The van der Waals surface area contributed by atoms with Crippen molar-refractivity contribution in [2.75, 3.05) is 0 Å². The zero-order valence-electron chi connectivity index (χ0n) is 9.03. The van der Waals surface area contributed by atoms with Crippen LogP contribution in [0.5, 0.6) is 0 Å². The Morgan fingerprint density at radius 1 is 1.38 bits per heavy atom. The molecular formula is C11H18OSi. The quantitative estimate of drug-likeness (QED) is 0.428. The van der Waals surface area contributed by atoms with Crippen molar-refractivity contribution in [3.05, 3.63) is 0 Å². The van der Waals surface area contributed by atoms with E-state index in [4.69, 9.17) is 0 Å². The van der Waals surface area contributed by atoms with E-state index in [0.29, 0.717) is 12.2 Å². The van der Waals surface area contributed by atoms with Crippen LogP contribution in [0, 0.1) is 16.9 Å². The standard InChI is InChI=1S/C11H18OSi/c1-11(6-5-10(12)9-11)7-8-13(2,3)4/h5-6,9H2,1-4H3. The van der Waals surface area contributed by atoms with Gasteiger partial charge in [0.25, 0.3) is 0 Å². The van der Waals surface area contributed by atoms with Crippen LogP contribution in [0.3, 0.4) is 0 Å². The van der Waals surface area contributed by atoms with E-state index in [-0.39, 0.29) is 5.41 Å². The molecule has 0 aromatic heterocycles. The Labute approximate surface area is 81.9 Å². The highest BCUT2D eigenvalue weighted by Crippen LogP contribution is 2.34. The molecule has 0 aromatic carbocycles. The van der Waals surface area contributed by atoms with Crippen LogP contribution in [-0.2, 0) is 4.79 Å². The third kappa shape index (κ3) is 3.36. The van der Waals surface area contributed by atoms with Gasteiger partial charge in [0.15, 0.2) is 0 Å². The van der Waals surface area contributed by atoms with Crippen molar-refractivity contribution >= 4 is 13.9 Å². The monoisotopic (exact) mass is 194 g/mol. The third-order valence-electron chi connectivity index (χ3n) is 2.28. The van der Waals surface area contributed by atoms with Crippen LogP contribution in [0.4, 0.5) is 0 Å². The minimum absolute atomic E-state index is 0.00262. The minimum atomic E-state index is -1.27. The second kappa shape index (κ2) is 3.30. The van der Waals surface area contributed by atoms with Gasteiger partial charge < -0.3 is 0 Å². The second-order valence-corrected chi connectivity index (χ2v) is 10.0. The number of Topliss-reactive ketones (excluding diaryl/α,β-unsaturated/α-hetero) is 1. The average Bonchev–Trinajstić information content (AvgIpc) is 2.27. The van der Waals surface area contributed by atoms with Crippen LogP contribution in [0.15, 0.2) is 0 Å². The van der Waals surface area contributed by atoms with Crippen LogP contribution in [0.25, 0.3) is 0 Å². The molecule has 0 heterocycles. The lowest BCUT2D eigenvalue weighted by atomic mass is 9.90. The lowest BCUT2D eigenvalue weighted by Gasteiger charge is -2.15. The average molecular weight is 194 g/mol. The fourth-order valence-corrected chi connectivity index (χ4v) is 2.15. The minimum Gasteiger partial charge on any atom is -0.300 e. The summed E-state index contributed by atoms with van der Waals surface area (Å²) in [5.41, 5.74) is 3.36. The Morgan fingerprint density at radius 2 is 2.00 bits per heavy atom. The van der Waals surface area contributed by atoms with Crippen LogP contribution >= 0.6 is 0 Å². The molecule has 1 atom stereocenters. The Balaban J connectivity index is 2.72. The van der Waals surface area contributed by atoms with Crippen LogP contribution in [-0.4, -0.2) is 13.9 Å². The van der Waals surface area contributed by atoms with Gasteiger partial charge in [0.2, 0.25) is 0 Å². The first-order chi connectivity index (χ1) is 5.81. The summed E-state index contributed by atoms with van der Waals surface area (Å²) >= 11 is 0. The summed E-state index contributed by atoms with van der Waals surface area (Å²) in [6.07, 6.45) is 2.37. The summed E-state index contributed by atoms with van der Waals surface area (Å²) < 4.78 is 0. The molecule has 0 aliphatic heterocycles. The van der Waals surface area contributed by atoms with Crippen molar-refractivity contribution in [1.82, 2.24) is 0 Å². The Hall–Kier alpha value is -0.553. The molecule has 13 heavy (non-hydrogen) atoms. The van der Waals surface area contributed by atoms with Crippen molar-refractivity contribution in [2.24, 2.45) is 5.41 Å². The molecule has 0 saturated heterocycles. The van der Waals surface area contributed by atoms with Crippen LogP contribution < -0.4 is 0 Å². The first kappa shape index (κ1) is 10.5. The summed E-state index contributed by atoms with van der Waals surface area (Å²) in [5, 5.41) is 0. The maximum absolute atomic E-state index is 11.1.